The van der Waals surface area contributed by atoms with Crippen molar-refractivity contribution in [2.24, 2.45) is 0 Å². The third-order valence-electron chi connectivity index (χ3n) is 6.39. The molecule has 2 fully saturated rings. The summed E-state index contributed by atoms with van der Waals surface area (Å²) in [6, 6.07) is 11.3. The van der Waals surface area contributed by atoms with Gasteiger partial charge in [0.05, 0.1) is 33.1 Å². The van der Waals surface area contributed by atoms with Gasteiger partial charge >= 0.3 is 6.03 Å². The lowest BCUT2D eigenvalue weighted by molar-refractivity contribution is -0.117. The van der Waals surface area contributed by atoms with Crippen LogP contribution in [0.4, 0.5) is 16.2 Å². The number of ether oxygens (including phenoxy) is 3. The average molecular weight is 469 g/mol. The van der Waals surface area contributed by atoms with Gasteiger partial charge in [0.1, 0.15) is 0 Å². The van der Waals surface area contributed by atoms with Crippen LogP contribution in [0.2, 0.25) is 0 Å². The van der Waals surface area contributed by atoms with E-state index in [0.29, 0.717) is 56.4 Å². The molecule has 0 spiro atoms. The molecular formula is C25H32N4O5. The van der Waals surface area contributed by atoms with Crippen LogP contribution in [0.25, 0.3) is 0 Å². The molecule has 1 atom stereocenters. The Bertz CT molecular complexity index is 1030. The maximum atomic E-state index is 12.9. The summed E-state index contributed by atoms with van der Waals surface area (Å²) in [6.07, 6.45) is 0.308. The minimum absolute atomic E-state index is 0.0273. The number of carbonyl (C=O) groups excluding carboxylic acids is 2. The molecule has 9 heteroatoms. The number of hydrogen-bond donors (Lipinski definition) is 1. The molecule has 0 aromatic heterocycles. The highest BCUT2D eigenvalue weighted by Crippen LogP contribution is 2.44. The monoisotopic (exact) mass is 468 g/mol. The number of carbonyl (C=O) groups is 2. The first kappa shape index (κ1) is 23.5. The second-order valence-corrected chi connectivity index (χ2v) is 8.52. The summed E-state index contributed by atoms with van der Waals surface area (Å²) in [5, 5.41) is 3.05. The molecule has 1 unspecified atom stereocenters. The molecule has 4 rings (SSSR count). The molecule has 0 saturated carbocycles. The highest BCUT2D eigenvalue weighted by molar-refractivity contribution is 5.96. The largest absolute Gasteiger partial charge is 0.493 e. The van der Waals surface area contributed by atoms with Crippen LogP contribution in [0.15, 0.2) is 36.4 Å². The fraction of sp³-hybridized carbons (Fsp3) is 0.440. The number of hydrogen-bond acceptors (Lipinski definition) is 6. The van der Waals surface area contributed by atoms with E-state index in [0.717, 1.165) is 16.9 Å². The van der Waals surface area contributed by atoms with Gasteiger partial charge in [-0.1, -0.05) is 17.7 Å². The Morgan fingerprint density at radius 1 is 0.912 bits per heavy atom. The molecule has 2 aromatic rings. The van der Waals surface area contributed by atoms with Gasteiger partial charge in [0.25, 0.3) is 0 Å². The quantitative estimate of drug-likeness (QED) is 0.702. The minimum atomic E-state index is -0.203. The predicted molar refractivity (Wildman–Crippen MR) is 130 cm³/mol. The lowest BCUT2D eigenvalue weighted by Crippen LogP contribution is -2.54. The molecule has 3 amide bonds. The van der Waals surface area contributed by atoms with E-state index in [2.05, 4.69) is 10.2 Å². The van der Waals surface area contributed by atoms with Crippen LogP contribution in [0.5, 0.6) is 17.2 Å². The van der Waals surface area contributed by atoms with Crippen LogP contribution in [0, 0.1) is 6.92 Å². The average Bonchev–Trinajstić information content (AvgIpc) is 3.23. The molecule has 2 aromatic carbocycles. The van der Waals surface area contributed by atoms with Crippen molar-refractivity contribution in [1.29, 1.82) is 0 Å². The Labute approximate surface area is 200 Å². The maximum Gasteiger partial charge on any atom is 0.317 e. The molecule has 2 aliphatic rings. The van der Waals surface area contributed by atoms with E-state index in [-0.39, 0.29) is 18.0 Å². The Morgan fingerprint density at radius 2 is 1.59 bits per heavy atom. The lowest BCUT2D eigenvalue weighted by Gasteiger charge is -2.37. The fourth-order valence-corrected chi connectivity index (χ4v) is 4.53. The zero-order valence-corrected chi connectivity index (χ0v) is 20.2. The Kier molecular flexibility index (Phi) is 7.00. The molecular weight excluding hydrogens is 436 g/mol. The van der Waals surface area contributed by atoms with Crippen molar-refractivity contribution < 1.29 is 23.8 Å². The van der Waals surface area contributed by atoms with Crippen molar-refractivity contribution in [2.45, 2.75) is 19.4 Å². The summed E-state index contributed by atoms with van der Waals surface area (Å²) < 4.78 is 16.5. The highest BCUT2D eigenvalue weighted by Gasteiger charge is 2.33. The smallest absolute Gasteiger partial charge is 0.317 e. The van der Waals surface area contributed by atoms with Crippen molar-refractivity contribution in [2.75, 3.05) is 63.9 Å². The number of aryl methyl sites for hydroxylation is 1. The van der Waals surface area contributed by atoms with E-state index in [1.807, 2.05) is 43.3 Å². The molecule has 2 aliphatic heterocycles. The number of nitrogens with one attached hydrogen (secondary N) is 1. The number of methoxy groups -OCH3 is 3. The van der Waals surface area contributed by atoms with E-state index < -0.39 is 0 Å². The van der Waals surface area contributed by atoms with E-state index in [9.17, 15) is 9.59 Å². The van der Waals surface area contributed by atoms with Gasteiger partial charge in [0.2, 0.25) is 11.7 Å². The van der Waals surface area contributed by atoms with Crippen molar-refractivity contribution in [3.63, 3.8) is 0 Å². The Hall–Kier alpha value is -3.62. The number of nitrogens with zero attached hydrogens (tertiary/aromatic N) is 3. The molecule has 2 heterocycles. The zero-order valence-electron chi connectivity index (χ0n) is 20.2. The van der Waals surface area contributed by atoms with Crippen LogP contribution in [-0.4, -0.2) is 76.9 Å². The number of amides is 3. The lowest BCUT2D eigenvalue weighted by atomic mass is 10.2. The fourth-order valence-electron chi connectivity index (χ4n) is 4.53. The first-order valence-corrected chi connectivity index (χ1v) is 11.4. The topological polar surface area (TPSA) is 83.6 Å². The highest BCUT2D eigenvalue weighted by atomic mass is 16.5. The molecule has 0 aliphatic carbocycles. The maximum absolute atomic E-state index is 12.9. The van der Waals surface area contributed by atoms with E-state index in [4.69, 9.17) is 14.2 Å². The van der Waals surface area contributed by atoms with Crippen molar-refractivity contribution in [1.82, 2.24) is 10.2 Å². The van der Waals surface area contributed by atoms with Crippen molar-refractivity contribution in [3.05, 3.63) is 42.0 Å². The van der Waals surface area contributed by atoms with Gasteiger partial charge < -0.3 is 34.2 Å². The van der Waals surface area contributed by atoms with Crippen molar-refractivity contribution in [3.8, 4) is 17.2 Å². The normalized spacial score (nSPS) is 18.2. The minimum Gasteiger partial charge on any atom is -0.493 e. The summed E-state index contributed by atoms with van der Waals surface area (Å²) in [7, 11) is 4.78. The molecule has 34 heavy (non-hydrogen) atoms. The summed E-state index contributed by atoms with van der Waals surface area (Å²) in [5.74, 6) is 1.79. The van der Waals surface area contributed by atoms with Gasteiger partial charge in [-0.15, -0.1) is 0 Å². The summed E-state index contributed by atoms with van der Waals surface area (Å²) in [4.78, 5) is 31.1. The van der Waals surface area contributed by atoms with E-state index >= 15 is 0 Å². The SMILES string of the molecule is COc1ccc(N2CCN(C(=O)NC3CC(=O)N(c4ccc(C)cc4)C3)CC2)c(OC)c1OC. The molecule has 9 nitrogen and oxygen atoms in total. The number of urea groups is 1. The van der Waals surface area contributed by atoms with Crippen molar-refractivity contribution >= 4 is 23.3 Å². The van der Waals surface area contributed by atoms with Crippen LogP contribution < -0.4 is 29.3 Å². The standard InChI is InChI=1S/C25H32N4O5/c1-17-5-7-19(8-6-17)29-16-18(15-22(29)30)26-25(31)28-13-11-27(12-14-28)20-9-10-21(32-2)24(34-4)23(20)33-3/h5-10,18H,11-16H2,1-4H3,(H,26,31). The van der Waals surface area contributed by atoms with Gasteiger partial charge in [-0.3, -0.25) is 4.79 Å². The summed E-state index contributed by atoms with van der Waals surface area (Å²) in [6.45, 7) is 4.92. The number of anilines is 2. The van der Waals surface area contributed by atoms with Crippen LogP contribution in [0.3, 0.4) is 0 Å². The molecule has 2 saturated heterocycles. The van der Waals surface area contributed by atoms with E-state index in [1.54, 1.807) is 31.1 Å². The second-order valence-electron chi connectivity index (χ2n) is 8.52. The van der Waals surface area contributed by atoms with Crippen LogP contribution in [-0.2, 0) is 4.79 Å². The summed E-state index contributed by atoms with van der Waals surface area (Å²) in [5.41, 5.74) is 2.91. The Morgan fingerprint density at radius 3 is 2.21 bits per heavy atom. The molecule has 1 N–H and O–H groups in total. The zero-order chi connectivity index (χ0) is 24.2. The van der Waals surface area contributed by atoms with Crippen LogP contribution in [0.1, 0.15) is 12.0 Å². The van der Waals surface area contributed by atoms with E-state index in [1.165, 1.54) is 0 Å². The third-order valence-corrected chi connectivity index (χ3v) is 6.39. The van der Waals surface area contributed by atoms with Gasteiger partial charge in [0.15, 0.2) is 11.5 Å². The second kappa shape index (κ2) is 10.1. The van der Waals surface area contributed by atoms with Gasteiger partial charge in [-0.05, 0) is 31.2 Å². The van der Waals surface area contributed by atoms with Crippen LogP contribution >= 0.6 is 0 Å². The Balaban J connectivity index is 1.35. The van der Waals surface area contributed by atoms with Gasteiger partial charge in [0, 0.05) is 44.8 Å². The van der Waals surface area contributed by atoms with Gasteiger partial charge in [-0.25, -0.2) is 4.79 Å². The first-order chi connectivity index (χ1) is 16.4. The molecule has 0 radical (unpaired) electrons. The summed E-state index contributed by atoms with van der Waals surface area (Å²) >= 11 is 0. The predicted octanol–water partition coefficient (Wildman–Crippen LogP) is 2.66. The molecule has 0 bridgehead atoms. The number of rotatable bonds is 6. The third kappa shape index (κ3) is 4.69. The molecule has 182 valence electrons. The number of benzene rings is 2. The number of piperazine rings is 1. The first-order valence-electron chi connectivity index (χ1n) is 11.4. The van der Waals surface area contributed by atoms with Gasteiger partial charge in [-0.2, -0.15) is 0 Å².